The van der Waals surface area contributed by atoms with Crippen LogP contribution in [0.25, 0.3) is 10.1 Å². The Kier molecular flexibility index (Phi) is 9.36. The third-order valence-electron chi connectivity index (χ3n) is 6.54. The first kappa shape index (κ1) is 29.4. The first-order chi connectivity index (χ1) is 19.1. The molecular formula is C28H32N4O6S2. The van der Waals surface area contributed by atoms with E-state index >= 15 is 0 Å². The van der Waals surface area contributed by atoms with Crippen molar-refractivity contribution in [1.82, 2.24) is 19.8 Å². The molecule has 0 radical (unpaired) electrons. The molecule has 0 saturated carbocycles. The molecule has 1 aliphatic rings. The molecule has 40 heavy (non-hydrogen) atoms. The van der Waals surface area contributed by atoms with Gasteiger partial charge in [-0.1, -0.05) is 42.0 Å². The predicted octanol–water partition coefficient (Wildman–Crippen LogP) is 1.98. The Morgan fingerprint density at radius 3 is 2.10 bits per heavy atom. The number of piperazine rings is 1. The van der Waals surface area contributed by atoms with Gasteiger partial charge >= 0.3 is 0 Å². The van der Waals surface area contributed by atoms with Crippen LogP contribution in [0.15, 0.2) is 77.7 Å². The van der Waals surface area contributed by atoms with Gasteiger partial charge in [0, 0.05) is 30.9 Å². The quantitative estimate of drug-likeness (QED) is 0.312. The Morgan fingerprint density at radius 2 is 1.52 bits per heavy atom. The standard InChI is InChI=1S/C28H32N4O6S2/c1-19(2)16-22(29-26(34)25-17-20-8-6-7-11-24(20)39-25)27(35)31-12-14-32(15-13-31)28(36)23(18-33)30-40(37,38)21-9-4-3-5-10-21/h3-11,17,22-23,30,33H,1,12-16,18H2,2H3,(H,29,34)/t22-,23-/m0/s1. The van der Waals surface area contributed by atoms with E-state index in [9.17, 15) is 27.9 Å². The van der Waals surface area contributed by atoms with Crippen molar-refractivity contribution in [3.63, 3.8) is 0 Å². The predicted molar refractivity (Wildman–Crippen MR) is 153 cm³/mol. The number of nitrogens with zero attached hydrogens (tertiary/aromatic N) is 2. The minimum atomic E-state index is -4.02. The minimum absolute atomic E-state index is 0.0158. The summed E-state index contributed by atoms with van der Waals surface area (Å²) >= 11 is 1.35. The van der Waals surface area contributed by atoms with E-state index in [0.717, 1.165) is 15.7 Å². The first-order valence-corrected chi connectivity index (χ1v) is 15.1. The van der Waals surface area contributed by atoms with Crippen molar-refractivity contribution in [2.24, 2.45) is 0 Å². The van der Waals surface area contributed by atoms with Crippen LogP contribution in [0.5, 0.6) is 0 Å². The number of benzene rings is 2. The first-order valence-electron chi connectivity index (χ1n) is 12.8. The van der Waals surface area contributed by atoms with Crippen LogP contribution in [0.1, 0.15) is 23.0 Å². The second-order valence-corrected chi connectivity index (χ2v) is 12.5. The highest BCUT2D eigenvalue weighted by Gasteiger charge is 2.34. The lowest BCUT2D eigenvalue weighted by Crippen LogP contribution is -2.59. The number of fused-ring (bicyclic) bond motifs is 1. The van der Waals surface area contributed by atoms with E-state index < -0.39 is 34.6 Å². The average Bonchev–Trinajstić information content (AvgIpc) is 3.40. The van der Waals surface area contributed by atoms with Gasteiger partial charge in [0.2, 0.25) is 21.8 Å². The van der Waals surface area contributed by atoms with Gasteiger partial charge in [0.15, 0.2) is 0 Å². The molecule has 212 valence electrons. The number of nitrogens with one attached hydrogen (secondary N) is 2. The summed E-state index contributed by atoms with van der Waals surface area (Å²) in [7, 11) is -4.02. The summed E-state index contributed by atoms with van der Waals surface area (Å²) in [5, 5.41) is 13.6. The van der Waals surface area contributed by atoms with E-state index in [0.29, 0.717) is 4.88 Å². The van der Waals surface area contributed by atoms with E-state index in [1.165, 1.54) is 28.4 Å². The average molecular weight is 585 g/mol. The largest absolute Gasteiger partial charge is 0.394 e. The number of carbonyl (C=O) groups is 3. The van der Waals surface area contributed by atoms with E-state index in [1.807, 2.05) is 24.3 Å². The highest BCUT2D eigenvalue weighted by molar-refractivity contribution is 7.89. The topological polar surface area (TPSA) is 136 Å². The maximum atomic E-state index is 13.4. The van der Waals surface area contributed by atoms with Crippen molar-refractivity contribution in [1.29, 1.82) is 0 Å². The van der Waals surface area contributed by atoms with Crippen molar-refractivity contribution in [3.05, 3.63) is 77.7 Å². The molecule has 0 unspecified atom stereocenters. The van der Waals surface area contributed by atoms with Gasteiger partial charge in [0.1, 0.15) is 12.1 Å². The van der Waals surface area contributed by atoms with Crippen LogP contribution in [0.2, 0.25) is 0 Å². The van der Waals surface area contributed by atoms with Crippen LogP contribution in [-0.2, 0) is 19.6 Å². The van der Waals surface area contributed by atoms with E-state index in [4.69, 9.17) is 0 Å². The van der Waals surface area contributed by atoms with Crippen molar-refractivity contribution in [3.8, 4) is 0 Å². The maximum Gasteiger partial charge on any atom is 0.262 e. The summed E-state index contributed by atoms with van der Waals surface area (Å²) in [6, 6.07) is 14.9. The molecule has 0 bridgehead atoms. The number of thiophene rings is 1. The van der Waals surface area contributed by atoms with Crippen LogP contribution >= 0.6 is 11.3 Å². The Labute approximate surface area is 237 Å². The van der Waals surface area contributed by atoms with E-state index in [1.54, 1.807) is 36.1 Å². The minimum Gasteiger partial charge on any atom is -0.394 e. The summed E-state index contributed by atoms with van der Waals surface area (Å²) in [4.78, 5) is 43.0. The molecule has 12 heteroatoms. The number of carbonyl (C=O) groups excluding carboxylic acids is 3. The highest BCUT2D eigenvalue weighted by atomic mass is 32.2. The van der Waals surface area contributed by atoms with Crippen molar-refractivity contribution < 1.29 is 27.9 Å². The van der Waals surface area contributed by atoms with Gasteiger partial charge < -0.3 is 20.2 Å². The molecule has 1 aliphatic heterocycles. The molecule has 1 fully saturated rings. The van der Waals surface area contributed by atoms with Crippen LogP contribution in [0.4, 0.5) is 0 Å². The number of hydrogen-bond donors (Lipinski definition) is 3. The summed E-state index contributed by atoms with van der Waals surface area (Å²) in [5.74, 6) is -1.20. The summed E-state index contributed by atoms with van der Waals surface area (Å²) in [5.41, 5.74) is 0.736. The smallest absolute Gasteiger partial charge is 0.262 e. The van der Waals surface area contributed by atoms with Crippen LogP contribution in [0.3, 0.4) is 0 Å². The third-order valence-corrected chi connectivity index (χ3v) is 9.14. The molecule has 2 atom stereocenters. The SMILES string of the molecule is C=C(C)C[C@H](NC(=O)c1cc2ccccc2s1)C(=O)N1CCN(C(=O)[C@H](CO)NS(=O)(=O)c2ccccc2)CC1. The van der Waals surface area contributed by atoms with Gasteiger partial charge in [-0.25, -0.2) is 8.42 Å². The third kappa shape index (κ3) is 6.94. The van der Waals surface area contributed by atoms with Gasteiger partial charge in [-0.05, 0) is 43.0 Å². The van der Waals surface area contributed by atoms with Crippen LogP contribution in [0, 0.1) is 0 Å². The summed E-state index contributed by atoms with van der Waals surface area (Å²) in [6.45, 7) is 5.66. The molecule has 1 saturated heterocycles. The molecule has 3 amide bonds. The van der Waals surface area contributed by atoms with Gasteiger partial charge in [-0.3, -0.25) is 14.4 Å². The second-order valence-electron chi connectivity index (χ2n) is 9.66. The maximum absolute atomic E-state index is 13.4. The number of aliphatic hydroxyl groups excluding tert-OH is 1. The van der Waals surface area contributed by atoms with E-state index in [2.05, 4.69) is 16.6 Å². The van der Waals surface area contributed by atoms with Crippen molar-refractivity contribution in [2.45, 2.75) is 30.3 Å². The number of sulfonamides is 1. The monoisotopic (exact) mass is 584 g/mol. The molecule has 2 aromatic carbocycles. The van der Waals surface area contributed by atoms with Crippen LogP contribution < -0.4 is 10.0 Å². The molecule has 1 aromatic heterocycles. The number of aliphatic hydroxyl groups is 1. The number of amides is 3. The Balaban J connectivity index is 1.38. The zero-order valence-electron chi connectivity index (χ0n) is 22.1. The summed E-state index contributed by atoms with van der Waals surface area (Å²) in [6.07, 6.45) is 0.266. The van der Waals surface area contributed by atoms with Crippen molar-refractivity contribution >= 4 is 49.2 Å². The fourth-order valence-electron chi connectivity index (χ4n) is 4.48. The fourth-order valence-corrected chi connectivity index (χ4v) is 6.65. The number of hydrogen-bond acceptors (Lipinski definition) is 7. The normalized spacial score (nSPS) is 15.4. The van der Waals surface area contributed by atoms with E-state index in [-0.39, 0.29) is 49.3 Å². The fraction of sp³-hybridized carbons (Fsp3) is 0.321. The second kappa shape index (κ2) is 12.7. The molecule has 2 heterocycles. The molecule has 3 aromatic rings. The lowest BCUT2D eigenvalue weighted by molar-refractivity contribution is -0.142. The zero-order valence-corrected chi connectivity index (χ0v) is 23.7. The molecule has 0 aliphatic carbocycles. The van der Waals surface area contributed by atoms with Crippen molar-refractivity contribution in [2.75, 3.05) is 32.8 Å². The molecule has 4 rings (SSSR count). The lowest BCUT2D eigenvalue weighted by Gasteiger charge is -2.37. The highest BCUT2D eigenvalue weighted by Crippen LogP contribution is 2.25. The van der Waals surface area contributed by atoms with Gasteiger partial charge in [0.25, 0.3) is 5.91 Å². The molecule has 3 N–H and O–H groups in total. The number of rotatable bonds is 10. The lowest BCUT2D eigenvalue weighted by atomic mass is 10.1. The van der Waals surface area contributed by atoms with Gasteiger partial charge in [-0.2, -0.15) is 4.72 Å². The molecule has 0 spiro atoms. The van der Waals surface area contributed by atoms with Gasteiger partial charge in [-0.15, -0.1) is 17.9 Å². The summed E-state index contributed by atoms with van der Waals surface area (Å²) < 4.78 is 28.5. The Morgan fingerprint density at radius 1 is 0.950 bits per heavy atom. The Bertz CT molecular complexity index is 1460. The molecule has 10 nitrogen and oxygen atoms in total. The zero-order chi connectivity index (χ0) is 28.9. The molecular weight excluding hydrogens is 552 g/mol. The van der Waals surface area contributed by atoms with Gasteiger partial charge in [0.05, 0.1) is 16.4 Å². The van der Waals surface area contributed by atoms with Crippen LogP contribution in [-0.4, -0.2) is 85.9 Å². The Hall–Kier alpha value is -3.58.